The van der Waals surface area contributed by atoms with Crippen LogP contribution in [0, 0.1) is 0 Å². The summed E-state index contributed by atoms with van der Waals surface area (Å²) in [6.07, 6.45) is 1.99. The number of aromatic nitrogens is 1. The fraction of sp³-hybridized carbons (Fsp3) is 0.312. The molecule has 1 heterocycles. The average molecular weight is 291 g/mol. The molecule has 0 aliphatic heterocycles. The van der Waals surface area contributed by atoms with Gasteiger partial charge in [0.2, 0.25) is 0 Å². The van der Waals surface area contributed by atoms with Gasteiger partial charge in [0.05, 0.1) is 23.7 Å². The third kappa shape index (κ3) is 3.71. The SMILES string of the molecule is CC[C@@H](O)c1ccc(N(C)Cc2ccc(Cl)cc2)cn1. The quantitative estimate of drug-likeness (QED) is 0.909. The standard InChI is InChI=1S/C16H19ClN2O/c1-3-16(20)15-9-8-14(10-18-15)19(2)11-12-4-6-13(17)7-5-12/h4-10,16,20H,3,11H2,1-2H3/t16-/m1/s1. The topological polar surface area (TPSA) is 36.4 Å². The highest BCUT2D eigenvalue weighted by Crippen LogP contribution is 2.19. The molecule has 2 rings (SSSR count). The van der Waals surface area contributed by atoms with Gasteiger partial charge in [0.25, 0.3) is 0 Å². The summed E-state index contributed by atoms with van der Waals surface area (Å²) in [7, 11) is 2.02. The maximum atomic E-state index is 9.73. The van der Waals surface area contributed by atoms with E-state index in [-0.39, 0.29) is 0 Å². The fourth-order valence-corrected chi connectivity index (χ4v) is 2.11. The second-order valence-electron chi connectivity index (χ2n) is 4.85. The highest BCUT2D eigenvalue weighted by molar-refractivity contribution is 6.30. The van der Waals surface area contributed by atoms with Crippen molar-refractivity contribution in [1.82, 2.24) is 4.98 Å². The summed E-state index contributed by atoms with van der Waals surface area (Å²) in [5, 5.41) is 10.5. The molecule has 1 aromatic carbocycles. The zero-order valence-electron chi connectivity index (χ0n) is 11.8. The molecule has 1 atom stereocenters. The Morgan fingerprint density at radius 3 is 2.45 bits per heavy atom. The number of rotatable bonds is 5. The summed E-state index contributed by atoms with van der Waals surface area (Å²) in [6.45, 7) is 2.72. The molecule has 0 unspecified atom stereocenters. The predicted molar refractivity (Wildman–Crippen MR) is 83.0 cm³/mol. The van der Waals surface area contributed by atoms with Gasteiger partial charge in [-0.05, 0) is 36.2 Å². The highest BCUT2D eigenvalue weighted by Gasteiger charge is 2.08. The lowest BCUT2D eigenvalue weighted by molar-refractivity contribution is 0.169. The van der Waals surface area contributed by atoms with Crippen molar-refractivity contribution in [2.75, 3.05) is 11.9 Å². The molecule has 0 saturated heterocycles. The van der Waals surface area contributed by atoms with Crippen LogP contribution in [-0.4, -0.2) is 17.1 Å². The van der Waals surface area contributed by atoms with Crippen molar-refractivity contribution in [3.05, 3.63) is 58.9 Å². The lowest BCUT2D eigenvalue weighted by atomic mass is 10.1. The van der Waals surface area contributed by atoms with Crippen molar-refractivity contribution in [2.24, 2.45) is 0 Å². The Bertz CT molecular complexity index is 539. The third-order valence-electron chi connectivity index (χ3n) is 3.27. The first-order valence-electron chi connectivity index (χ1n) is 6.69. The van der Waals surface area contributed by atoms with Gasteiger partial charge in [-0.2, -0.15) is 0 Å². The molecule has 0 saturated carbocycles. The minimum atomic E-state index is -0.481. The molecule has 0 bridgehead atoms. The summed E-state index contributed by atoms with van der Waals surface area (Å²) in [6, 6.07) is 11.7. The van der Waals surface area contributed by atoms with E-state index < -0.39 is 6.10 Å². The third-order valence-corrected chi connectivity index (χ3v) is 3.52. The molecule has 0 aliphatic carbocycles. The average Bonchev–Trinajstić information content (AvgIpc) is 2.49. The smallest absolute Gasteiger partial charge is 0.0957 e. The first kappa shape index (κ1) is 14.8. The predicted octanol–water partition coefficient (Wildman–Crippen LogP) is 3.81. The van der Waals surface area contributed by atoms with Crippen molar-refractivity contribution < 1.29 is 5.11 Å². The Morgan fingerprint density at radius 2 is 1.90 bits per heavy atom. The molecule has 0 fully saturated rings. The van der Waals surface area contributed by atoms with E-state index in [9.17, 15) is 5.11 Å². The van der Waals surface area contributed by atoms with Crippen LogP contribution < -0.4 is 4.90 Å². The summed E-state index contributed by atoms with van der Waals surface area (Å²) < 4.78 is 0. The Kier molecular flexibility index (Phi) is 4.99. The minimum Gasteiger partial charge on any atom is -0.387 e. The van der Waals surface area contributed by atoms with Gasteiger partial charge in [-0.25, -0.2) is 0 Å². The minimum absolute atomic E-state index is 0.481. The first-order valence-corrected chi connectivity index (χ1v) is 7.07. The molecule has 2 aromatic rings. The number of pyridine rings is 1. The van der Waals surface area contributed by atoms with E-state index in [1.54, 1.807) is 6.20 Å². The lowest BCUT2D eigenvalue weighted by Gasteiger charge is -2.19. The van der Waals surface area contributed by atoms with Gasteiger partial charge in [-0.15, -0.1) is 0 Å². The number of nitrogens with zero attached hydrogens (tertiary/aromatic N) is 2. The largest absolute Gasteiger partial charge is 0.387 e. The molecule has 20 heavy (non-hydrogen) atoms. The van der Waals surface area contributed by atoms with E-state index >= 15 is 0 Å². The number of benzene rings is 1. The summed E-state index contributed by atoms with van der Waals surface area (Å²) >= 11 is 5.88. The molecule has 106 valence electrons. The van der Waals surface area contributed by atoms with Crippen LogP contribution in [0.1, 0.15) is 30.7 Å². The van der Waals surface area contributed by atoms with Crippen LogP contribution in [0.4, 0.5) is 5.69 Å². The van der Waals surface area contributed by atoms with Crippen LogP contribution in [0.3, 0.4) is 0 Å². The normalized spacial score (nSPS) is 12.2. The summed E-state index contributed by atoms with van der Waals surface area (Å²) in [5.74, 6) is 0. The molecule has 0 radical (unpaired) electrons. The van der Waals surface area contributed by atoms with E-state index in [2.05, 4.69) is 9.88 Å². The number of aliphatic hydroxyl groups excluding tert-OH is 1. The molecule has 0 aliphatic rings. The van der Waals surface area contributed by atoms with Crippen molar-refractivity contribution in [3.63, 3.8) is 0 Å². The van der Waals surface area contributed by atoms with Gasteiger partial charge in [0.15, 0.2) is 0 Å². The van der Waals surface area contributed by atoms with Crippen LogP contribution in [-0.2, 0) is 6.54 Å². The van der Waals surface area contributed by atoms with Gasteiger partial charge >= 0.3 is 0 Å². The molecule has 3 nitrogen and oxygen atoms in total. The summed E-state index contributed by atoms with van der Waals surface area (Å²) in [5.41, 5.74) is 2.93. The highest BCUT2D eigenvalue weighted by atomic mass is 35.5. The maximum Gasteiger partial charge on any atom is 0.0957 e. The molecule has 1 N–H and O–H groups in total. The molecule has 4 heteroatoms. The Balaban J connectivity index is 2.05. The van der Waals surface area contributed by atoms with E-state index in [0.717, 1.165) is 22.9 Å². The van der Waals surface area contributed by atoms with Gasteiger partial charge in [0.1, 0.15) is 0 Å². The zero-order valence-corrected chi connectivity index (χ0v) is 12.5. The number of halogens is 1. The van der Waals surface area contributed by atoms with Crippen molar-refractivity contribution in [1.29, 1.82) is 0 Å². The number of aliphatic hydroxyl groups is 1. The molecular weight excluding hydrogens is 272 g/mol. The number of hydrogen-bond acceptors (Lipinski definition) is 3. The van der Waals surface area contributed by atoms with Gasteiger partial charge in [-0.3, -0.25) is 4.98 Å². The Morgan fingerprint density at radius 1 is 1.20 bits per heavy atom. The number of hydrogen-bond donors (Lipinski definition) is 1. The molecule has 0 amide bonds. The van der Waals surface area contributed by atoms with E-state index in [1.807, 2.05) is 50.4 Å². The molecule has 0 spiro atoms. The lowest BCUT2D eigenvalue weighted by Crippen LogP contribution is -2.16. The van der Waals surface area contributed by atoms with Crippen LogP contribution in [0.15, 0.2) is 42.6 Å². The van der Waals surface area contributed by atoms with Crippen LogP contribution in [0.2, 0.25) is 5.02 Å². The van der Waals surface area contributed by atoms with Crippen LogP contribution in [0.5, 0.6) is 0 Å². The molecule has 1 aromatic heterocycles. The zero-order chi connectivity index (χ0) is 14.5. The van der Waals surface area contributed by atoms with Crippen molar-refractivity contribution in [3.8, 4) is 0 Å². The second kappa shape index (κ2) is 6.73. The van der Waals surface area contributed by atoms with Crippen molar-refractivity contribution >= 4 is 17.3 Å². The van der Waals surface area contributed by atoms with Crippen molar-refractivity contribution in [2.45, 2.75) is 26.0 Å². The van der Waals surface area contributed by atoms with Crippen LogP contribution >= 0.6 is 11.6 Å². The molecular formula is C16H19ClN2O. The van der Waals surface area contributed by atoms with Gasteiger partial charge < -0.3 is 10.0 Å². The van der Waals surface area contributed by atoms with E-state index in [4.69, 9.17) is 11.6 Å². The van der Waals surface area contributed by atoms with Crippen LogP contribution in [0.25, 0.3) is 0 Å². The number of anilines is 1. The first-order chi connectivity index (χ1) is 9.60. The Hall–Kier alpha value is -1.58. The van der Waals surface area contributed by atoms with Gasteiger partial charge in [0, 0.05) is 18.6 Å². The second-order valence-corrected chi connectivity index (χ2v) is 5.28. The maximum absolute atomic E-state index is 9.73. The Labute approximate surface area is 124 Å². The van der Waals surface area contributed by atoms with E-state index in [0.29, 0.717) is 6.42 Å². The fourth-order valence-electron chi connectivity index (χ4n) is 1.98. The summed E-state index contributed by atoms with van der Waals surface area (Å²) in [4.78, 5) is 6.42. The monoisotopic (exact) mass is 290 g/mol. The van der Waals surface area contributed by atoms with Gasteiger partial charge in [-0.1, -0.05) is 30.7 Å². The van der Waals surface area contributed by atoms with E-state index in [1.165, 1.54) is 5.56 Å².